The molecule has 25 heavy (non-hydrogen) atoms. The molecule has 0 spiro atoms. The molecule has 1 aliphatic heterocycles. The van der Waals surface area contributed by atoms with Gasteiger partial charge in [-0.2, -0.15) is 0 Å². The van der Waals surface area contributed by atoms with Gasteiger partial charge in [-0.1, -0.05) is 31.4 Å². The molecule has 1 amide bonds. The van der Waals surface area contributed by atoms with Crippen LogP contribution in [0.2, 0.25) is 0 Å². The van der Waals surface area contributed by atoms with Crippen molar-refractivity contribution in [2.45, 2.75) is 64.0 Å². The SMILES string of the molecule is CCOc1ccc([C@H]2[C@H](C(=O)O)CCC(=O)N2C2CCCCC2)cc1. The Kier molecular flexibility index (Phi) is 5.61. The van der Waals surface area contributed by atoms with Gasteiger partial charge in [-0.05, 0) is 43.9 Å². The topological polar surface area (TPSA) is 66.8 Å². The molecular formula is C20H27NO4. The third kappa shape index (κ3) is 3.80. The van der Waals surface area contributed by atoms with Gasteiger partial charge < -0.3 is 14.7 Å². The van der Waals surface area contributed by atoms with E-state index in [0.29, 0.717) is 19.4 Å². The van der Waals surface area contributed by atoms with Crippen LogP contribution in [-0.2, 0) is 9.59 Å². The van der Waals surface area contributed by atoms with Gasteiger partial charge in [0.05, 0.1) is 18.6 Å². The molecule has 1 aromatic rings. The molecule has 0 aromatic heterocycles. The zero-order chi connectivity index (χ0) is 17.8. The van der Waals surface area contributed by atoms with Crippen molar-refractivity contribution in [2.75, 3.05) is 6.61 Å². The maximum atomic E-state index is 12.7. The van der Waals surface area contributed by atoms with E-state index in [-0.39, 0.29) is 18.0 Å². The Morgan fingerprint density at radius 1 is 1.16 bits per heavy atom. The van der Waals surface area contributed by atoms with Gasteiger partial charge in [0.15, 0.2) is 0 Å². The van der Waals surface area contributed by atoms with Crippen LogP contribution in [0.5, 0.6) is 5.75 Å². The fourth-order valence-electron chi connectivity index (χ4n) is 4.28. The smallest absolute Gasteiger partial charge is 0.308 e. The van der Waals surface area contributed by atoms with Crippen LogP contribution >= 0.6 is 0 Å². The van der Waals surface area contributed by atoms with E-state index in [4.69, 9.17) is 4.74 Å². The number of hydrogen-bond acceptors (Lipinski definition) is 3. The Hall–Kier alpha value is -2.04. The molecule has 5 heteroatoms. The molecule has 1 N–H and O–H groups in total. The van der Waals surface area contributed by atoms with Gasteiger partial charge in [-0.25, -0.2) is 0 Å². The number of piperidine rings is 1. The first-order valence-corrected chi connectivity index (χ1v) is 9.38. The second kappa shape index (κ2) is 7.89. The minimum absolute atomic E-state index is 0.100. The fourth-order valence-corrected chi connectivity index (χ4v) is 4.28. The highest BCUT2D eigenvalue weighted by Gasteiger charge is 2.43. The number of carbonyl (C=O) groups excluding carboxylic acids is 1. The minimum Gasteiger partial charge on any atom is -0.494 e. The number of aliphatic carboxylic acids is 1. The summed E-state index contributed by atoms with van der Waals surface area (Å²) in [5, 5.41) is 9.75. The molecule has 136 valence electrons. The van der Waals surface area contributed by atoms with Crippen LogP contribution < -0.4 is 4.74 Å². The lowest BCUT2D eigenvalue weighted by Crippen LogP contribution is -2.50. The zero-order valence-electron chi connectivity index (χ0n) is 14.8. The van der Waals surface area contributed by atoms with Crippen LogP contribution in [0.3, 0.4) is 0 Å². The van der Waals surface area contributed by atoms with E-state index >= 15 is 0 Å². The van der Waals surface area contributed by atoms with Gasteiger partial charge in [-0.15, -0.1) is 0 Å². The predicted molar refractivity (Wildman–Crippen MR) is 94.4 cm³/mol. The normalized spacial score (nSPS) is 25.0. The molecular weight excluding hydrogens is 318 g/mol. The molecule has 1 saturated carbocycles. The average molecular weight is 345 g/mol. The molecule has 1 saturated heterocycles. The number of rotatable bonds is 5. The molecule has 2 atom stereocenters. The number of hydrogen-bond donors (Lipinski definition) is 1. The van der Waals surface area contributed by atoms with Crippen molar-refractivity contribution >= 4 is 11.9 Å². The van der Waals surface area contributed by atoms with E-state index in [0.717, 1.165) is 37.0 Å². The fraction of sp³-hybridized carbons (Fsp3) is 0.600. The van der Waals surface area contributed by atoms with E-state index in [1.165, 1.54) is 6.42 Å². The first-order chi connectivity index (χ1) is 12.1. The Morgan fingerprint density at radius 3 is 2.44 bits per heavy atom. The molecule has 5 nitrogen and oxygen atoms in total. The van der Waals surface area contributed by atoms with E-state index in [1.54, 1.807) is 0 Å². The van der Waals surface area contributed by atoms with E-state index in [1.807, 2.05) is 36.1 Å². The summed E-state index contributed by atoms with van der Waals surface area (Å²) in [6, 6.07) is 7.36. The lowest BCUT2D eigenvalue weighted by atomic mass is 9.81. The van der Waals surface area contributed by atoms with Gasteiger partial charge in [0.1, 0.15) is 5.75 Å². The second-order valence-corrected chi connectivity index (χ2v) is 7.02. The number of ether oxygens (including phenoxy) is 1. The molecule has 1 aliphatic carbocycles. The molecule has 2 fully saturated rings. The number of amides is 1. The van der Waals surface area contributed by atoms with Crippen molar-refractivity contribution in [3.05, 3.63) is 29.8 Å². The summed E-state index contributed by atoms with van der Waals surface area (Å²) >= 11 is 0. The monoisotopic (exact) mass is 345 g/mol. The summed E-state index contributed by atoms with van der Waals surface area (Å²) in [7, 11) is 0. The molecule has 1 aromatic carbocycles. The van der Waals surface area contributed by atoms with E-state index < -0.39 is 11.9 Å². The summed E-state index contributed by atoms with van der Waals surface area (Å²) in [6.07, 6.45) is 6.13. The highest BCUT2D eigenvalue weighted by molar-refractivity contribution is 5.82. The molecule has 0 bridgehead atoms. The quantitative estimate of drug-likeness (QED) is 0.882. The largest absolute Gasteiger partial charge is 0.494 e. The number of carboxylic acid groups (broad SMARTS) is 1. The second-order valence-electron chi connectivity index (χ2n) is 7.02. The van der Waals surface area contributed by atoms with Crippen LogP contribution in [0.15, 0.2) is 24.3 Å². The highest BCUT2D eigenvalue weighted by Crippen LogP contribution is 2.41. The highest BCUT2D eigenvalue weighted by atomic mass is 16.5. The van der Waals surface area contributed by atoms with E-state index in [9.17, 15) is 14.7 Å². The summed E-state index contributed by atoms with van der Waals surface area (Å²) in [6.45, 7) is 2.52. The van der Waals surface area contributed by atoms with Crippen molar-refractivity contribution in [3.63, 3.8) is 0 Å². The number of likely N-dealkylation sites (tertiary alicyclic amines) is 1. The Morgan fingerprint density at radius 2 is 1.84 bits per heavy atom. The molecule has 0 radical (unpaired) electrons. The third-order valence-electron chi connectivity index (χ3n) is 5.46. The van der Waals surface area contributed by atoms with Crippen LogP contribution in [0.1, 0.15) is 63.5 Å². The van der Waals surface area contributed by atoms with Gasteiger partial charge in [0, 0.05) is 12.5 Å². The van der Waals surface area contributed by atoms with Gasteiger partial charge >= 0.3 is 5.97 Å². The standard InChI is InChI=1S/C20H27NO4/c1-2-25-16-10-8-14(9-11-16)19-17(20(23)24)12-13-18(22)21(19)15-6-4-3-5-7-15/h8-11,15,17,19H,2-7,12-13H2,1H3,(H,23,24)/t17-,19+/m1/s1. The number of nitrogens with zero attached hydrogens (tertiary/aromatic N) is 1. The predicted octanol–water partition coefficient (Wildman–Crippen LogP) is 3.78. The number of carboxylic acids is 1. The number of benzene rings is 1. The lowest BCUT2D eigenvalue weighted by molar-refractivity contribution is -0.154. The van der Waals surface area contributed by atoms with Gasteiger partial charge in [0.2, 0.25) is 5.91 Å². The maximum absolute atomic E-state index is 12.7. The Balaban J connectivity index is 1.94. The number of carbonyl (C=O) groups is 2. The van der Waals surface area contributed by atoms with Crippen LogP contribution in [0, 0.1) is 5.92 Å². The van der Waals surface area contributed by atoms with Crippen LogP contribution in [0.4, 0.5) is 0 Å². The maximum Gasteiger partial charge on any atom is 0.308 e. The van der Waals surface area contributed by atoms with Crippen molar-refractivity contribution in [1.29, 1.82) is 0 Å². The summed E-state index contributed by atoms with van der Waals surface area (Å²) in [4.78, 5) is 26.5. The van der Waals surface area contributed by atoms with Crippen LogP contribution in [-0.4, -0.2) is 34.5 Å². The Labute approximate surface area is 149 Å². The molecule has 3 rings (SSSR count). The first kappa shape index (κ1) is 17.8. The third-order valence-corrected chi connectivity index (χ3v) is 5.46. The van der Waals surface area contributed by atoms with Gasteiger partial charge in [0.25, 0.3) is 0 Å². The minimum atomic E-state index is -0.813. The van der Waals surface area contributed by atoms with Crippen molar-refractivity contribution in [3.8, 4) is 5.75 Å². The Bertz CT molecular complexity index is 607. The van der Waals surface area contributed by atoms with Gasteiger partial charge in [-0.3, -0.25) is 9.59 Å². The molecule has 1 heterocycles. The lowest BCUT2D eigenvalue weighted by Gasteiger charge is -2.45. The van der Waals surface area contributed by atoms with E-state index in [2.05, 4.69) is 0 Å². The average Bonchev–Trinajstić information content (AvgIpc) is 2.63. The zero-order valence-corrected chi connectivity index (χ0v) is 14.8. The summed E-state index contributed by atoms with van der Waals surface area (Å²) in [5.41, 5.74) is 0.898. The molecule has 0 unspecified atom stereocenters. The summed E-state index contributed by atoms with van der Waals surface area (Å²) < 4.78 is 5.49. The van der Waals surface area contributed by atoms with Crippen molar-refractivity contribution in [1.82, 2.24) is 4.90 Å². The van der Waals surface area contributed by atoms with Crippen molar-refractivity contribution in [2.24, 2.45) is 5.92 Å². The first-order valence-electron chi connectivity index (χ1n) is 9.38. The summed E-state index contributed by atoms with van der Waals surface area (Å²) in [5.74, 6) is -0.488. The van der Waals surface area contributed by atoms with Crippen LogP contribution in [0.25, 0.3) is 0 Å². The van der Waals surface area contributed by atoms with Crippen molar-refractivity contribution < 1.29 is 19.4 Å². The molecule has 2 aliphatic rings.